The lowest BCUT2D eigenvalue weighted by Crippen LogP contribution is -2.44. The number of aromatic amines is 1. The van der Waals surface area contributed by atoms with Gasteiger partial charge >= 0.3 is 0 Å². The van der Waals surface area contributed by atoms with Gasteiger partial charge in [0, 0.05) is 41.4 Å². The van der Waals surface area contributed by atoms with Crippen molar-refractivity contribution < 1.29 is 4.79 Å². The molecule has 0 radical (unpaired) electrons. The predicted octanol–water partition coefficient (Wildman–Crippen LogP) is 4.81. The number of anilines is 1. The summed E-state index contributed by atoms with van der Waals surface area (Å²) in [4.78, 5) is 24.2. The monoisotopic (exact) mass is 472 g/mol. The molecule has 29 heavy (non-hydrogen) atoms. The molecule has 2 aromatic carbocycles. The summed E-state index contributed by atoms with van der Waals surface area (Å²) in [5, 5.41) is 0.719. The van der Waals surface area contributed by atoms with Crippen LogP contribution < -0.4 is 4.90 Å². The number of aromatic nitrogens is 2. The van der Waals surface area contributed by atoms with Crippen LogP contribution in [0.2, 0.25) is 5.02 Å². The van der Waals surface area contributed by atoms with Gasteiger partial charge in [-0.25, -0.2) is 4.98 Å². The summed E-state index contributed by atoms with van der Waals surface area (Å²) < 4.78 is 1.01. The van der Waals surface area contributed by atoms with Crippen LogP contribution in [0.5, 0.6) is 0 Å². The number of imidazole rings is 1. The summed E-state index contributed by atoms with van der Waals surface area (Å²) in [6.07, 6.45) is 4.31. The van der Waals surface area contributed by atoms with Gasteiger partial charge in [-0.15, -0.1) is 0 Å². The van der Waals surface area contributed by atoms with Crippen molar-refractivity contribution in [3.63, 3.8) is 0 Å². The van der Waals surface area contributed by atoms with E-state index in [1.165, 1.54) is 5.56 Å². The summed E-state index contributed by atoms with van der Waals surface area (Å²) in [7, 11) is 0. The molecule has 0 fully saturated rings. The highest BCUT2D eigenvalue weighted by molar-refractivity contribution is 9.10. The maximum atomic E-state index is 12.6. The molecule has 5 nitrogen and oxygen atoms in total. The maximum absolute atomic E-state index is 12.6. The number of halogens is 2. The number of rotatable bonds is 4. The summed E-state index contributed by atoms with van der Waals surface area (Å²) in [6, 6.07) is 14.2. The Labute approximate surface area is 183 Å². The van der Waals surface area contributed by atoms with E-state index in [4.69, 9.17) is 11.6 Å². The summed E-state index contributed by atoms with van der Waals surface area (Å²) in [5.74, 6) is 0.0817. The number of nitrogens with one attached hydrogen (secondary N) is 1. The second-order valence-electron chi connectivity index (χ2n) is 7.36. The summed E-state index contributed by atoms with van der Waals surface area (Å²) >= 11 is 9.63. The first-order valence-corrected chi connectivity index (χ1v) is 10.7. The van der Waals surface area contributed by atoms with Crippen LogP contribution in [-0.4, -0.2) is 33.4 Å². The van der Waals surface area contributed by atoms with E-state index in [-0.39, 0.29) is 11.9 Å². The van der Waals surface area contributed by atoms with Gasteiger partial charge in [0.2, 0.25) is 5.91 Å². The van der Waals surface area contributed by atoms with Crippen molar-refractivity contribution in [3.05, 3.63) is 81.3 Å². The summed E-state index contributed by atoms with van der Waals surface area (Å²) in [5.41, 5.74) is 4.49. The van der Waals surface area contributed by atoms with Gasteiger partial charge in [0.15, 0.2) is 0 Å². The number of H-pyrrole nitrogens is 1. The van der Waals surface area contributed by atoms with Crippen molar-refractivity contribution in [2.24, 2.45) is 0 Å². The van der Waals surface area contributed by atoms with Crippen molar-refractivity contribution in [1.29, 1.82) is 0 Å². The van der Waals surface area contributed by atoms with Crippen LogP contribution in [-0.2, 0) is 24.3 Å². The Morgan fingerprint density at radius 3 is 2.76 bits per heavy atom. The van der Waals surface area contributed by atoms with Gasteiger partial charge in [-0.1, -0.05) is 39.7 Å². The molecule has 7 heteroatoms. The Kier molecular flexibility index (Phi) is 5.92. The van der Waals surface area contributed by atoms with Gasteiger partial charge in [-0.2, -0.15) is 0 Å². The van der Waals surface area contributed by atoms with Gasteiger partial charge in [0.25, 0.3) is 0 Å². The molecule has 1 aliphatic rings. The third-order valence-electron chi connectivity index (χ3n) is 5.30. The number of fused-ring (bicyclic) bond motifs is 1. The van der Waals surface area contributed by atoms with Crippen molar-refractivity contribution in [2.45, 2.75) is 32.5 Å². The van der Waals surface area contributed by atoms with Gasteiger partial charge in [-0.05, 0) is 47.9 Å². The Balaban J connectivity index is 1.70. The van der Waals surface area contributed by atoms with E-state index < -0.39 is 0 Å². The molecule has 4 rings (SSSR count). The molecule has 0 saturated carbocycles. The molecule has 150 valence electrons. The molecule has 1 N–H and O–H groups in total. The van der Waals surface area contributed by atoms with E-state index in [2.05, 4.69) is 49.0 Å². The topological polar surface area (TPSA) is 52.2 Å². The average Bonchev–Trinajstić information content (AvgIpc) is 3.14. The lowest BCUT2D eigenvalue weighted by molar-refractivity contribution is -0.131. The van der Waals surface area contributed by atoms with Crippen LogP contribution in [0, 0.1) is 0 Å². The quantitative estimate of drug-likeness (QED) is 0.592. The number of amides is 1. The first-order valence-electron chi connectivity index (χ1n) is 9.52. The van der Waals surface area contributed by atoms with Gasteiger partial charge in [0.1, 0.15) is 0 Å². The Bertz CT molecular complexity index is 991. The number of benzene rings is 2. The molecule has 0 bridgehead atoms. The summed E-state index contributed by atoms with van der Waals surface area (Å²) in [6.45, 7) is 3.67. The Hall–Kier alpha value is -2.31. The molecule has 1 unspecified atom stereocenters. The van der Waals surface area contributed by atoms with Crippen LogP contribution in [0.3, 0.4) is 0 Å². The molecular formula is C22H22BrClN4O. The number of hydrogen-bond donors (Lipinski definition) is 1. The minimum atomic E-state index is 0.0442. The van der Waals surface area contributed by atoms with Gasteiger partial charge in [-0.3, -0.25) is 4.79 Å². The van der Waals surface area contributed by atoms with E-state index in [0.29, 0.717) is 13.1 Å². The van der Waals surface area contributed by atoms with Crippen molar-refractivity contribution in [1.82, 2.24) is 14.9 Å². The minimum Gasteiger partial charge on any atom is -0.363 e. The van der Waals surface area contributed by atoms with E-state index >= 15 is 0 Å². The predicted molar refractivity (Wildman–Crippen MR) is 119 cm³/mol. The zero-order chi connectivity index (χ0) is 20.4. The SMILES string of the molecule is CC(=O)N1Cc2cc(Br)ccc2N(Cc2cnc[nH]2)CC1Cc1ccc(Cl)cc1. The lowest BCUT2D eigenvalue weighted by atomic mass is 10.0. The fourth-order valence-electron chi connectivity index (χ4n) is 3.92. The number of carbonyl (C=O) groups is 1. The molecule has 1 aromatic heterocycles. The standard InChI is InChI=1S/C22H22BrClN4O/c1-15(29)28-11-17-9-18(23)4-7-22(17)27(12-20-10-25-14-26-20)13-21(28)8-16-2-5-19(24)6-3-16/h2-7,9-10,14,21H,8,11-13H2,1H3,(H,25,26). The van der Waals surface area contributed by atoms with E-state index in [9.17, 15) is 4.79 Å². The van der Waals surface area contributed by atoms with Crippen LogP contribution in [0.25, 0.3) is 0 Å². The Morgan fingerprint density at radius 1 is 1.28 bits per heavy atom. The third kappa shape index (κ3) is 4.65. The third-order valence-corrected chi connectivity index (χ3v) is 6.05. The van der Waals surface area contributed by atoms with Gasteiger partial charge in [0.05, 0.1) is 24.6 Å². The fraction of sp³-hybridized carbons (Fsp3) is 0.273. The second-order valence-corrected chi connectivity index (χ2v) is 8.71. The highest BCUT2D eigenvalue weighted by atomic mass is 79.9. The molecule has 1 amide bonds. The number of hydrogen-bond acceptors (Lipinski definition) is 3. The average molecular weight is 474 g/mol. The zero-order valence-electron chi connectivity index (χ0n) is 16.1. The lowest BCUT2D eigenvalue weighted by Gasteiger charge is -2.32. The second kappa shape index (κ2) is 8.59. The van der Waals surface area contributed by atoms with Gasteiger partial charge < -0.3 is 14.8 Å². The van der Waals surface area contributed by atoms with E-state index in [1.807, 2.05) is 35.4 Å². The van der Waals surface area contributed by atoms with Crippen molar-refractivity contribution in [3.8, 4) is 0 Å². The molecule has 1 aliphatic heterocycles. The number of nitrogens with zero attached hydrogens (tertiary/aromatic N) is 3. The van der Waals surface area contributed by atoms with Crippen LogP contribution in [0.4, 0.5) is 5.69 Å². The smallest absolute Gasteiger partial charge is 0.220 e. The zero-order valence-corrected chi connectivity index (χ0v) is 18.4. The van der Waals surface area contributed by atoms with E-state index in [1.54, 1.807) is 13.3 Å². The molecular weight excluding hydrogens is 452 g/mol. The van der Waals surface area contributed by atoms with Crippen LogP contribution in [0.1, 0.15) is 23.7 Å². The number of carbonyl (C=O) groups excluding carboxylic acids is 1. The van der Waals surface area contributed by atoms with Crippen LogP contribution in [0.15, 0.2) is 59.5 Å². The first kappa shape index (κ1) is 20.0. The normalized spacial score (nSPS) is 16.4. The highest BCUT2D eigenvalue weighted by Crippen LogP contribution is 2.32. The molecule has 0 spiro atoms. The Morgan fingerprint density at radius 2 is 2.07 bits per heavy atom. The molecule has 0 aliphatic carbocycles. The molecule has 3 aromatic rings. The van der Waals surface area contributed by atoms with E-state index in [0.717, 1.165) is 39.4 Å². The molecule has 1 atom stereocenters. The van der Waals surface area contributed by atoms with Crippen LogP contribution >= 0.6 is 27.5 Å². The van der Waals surface area contributed by atoms with Crippen molar-refractivity contribution >= 4 is 39.1 Å². The largest absolute Gasteiger partial charge is 0.363 e. The maximum Gasteiger partial charge on any atom is 0.220 e. The first-order chi connectivity index (χ1) is 14.0. The highest BCUT2D eigenvalue weighted by Gasteiger charge is 2.30. The van der Waals surface area contributed by atoms with Crippen molar-refractivity contribution in [2.75, 3.05) is 11.4 Å². The molecule has 2 heterocycles. The minimum absolute atomic E-state index is 0.0442. The fourth-order valence-corrected chi connectivity index (χ4v) is 4.45. The molecule has 0 saturated heterocycles.